The lowest BCUT2D eigenvalue weighted by atomic mass is 9.74. The minimum atomic E-state index is 0.376. The van der Waals surface area contributed by atoms with E-state index in [2.05, 4.69) is 55.9 Å². The Morgan fingerprint density at radius 2 is 2.19 bits per heavy atom. The van der Waals surface area contributed by atoms with Crippen LogP contribution >= 0.6 is 0 Å². The Hall–Kier alpha value is -1.06. The molecule has 1 aliphatic rings. The van der Waals surface area contributed by atoms with E-state index in [4.69, 9.17) is 4.74 Å². The van der Waals surface area contributed by atoms with Crippen LogP contribution < -0.4 is 4.74 Å². The average molecular weight is 290 g/mol. The monoisotopic (exact) mass is 290 g/mol. The van der Waals surface area contributed by atoms with Crippen molar-refractivity contribution >= 4 is 0 Å². The van der Waals surface area contributed by atoms with Crippen LogP contribution in [0.2, 0.25) is 0 Å². The van der Waals surface area contributed by atoms with E-state index < -0.39 is 0 Å². The molecule has 1 fully saturated rings. The number of ether oxygens (including phenoxy) is 1. The lowest BCUT2D eigenvalue weighted by molar-refractivity contribution is 0.00993. The number of methoxy groups -OCH3 is 1. The summed E-state index contributed by atoms with van der Waals surface area (Å²) in [4.78, 5) is 5.00. The van der Waals surface area contributed by atoms with Gasteiger partial charge in [0.15, 0.2) is 0 Å². The van der Waals surface area contributed by atoms with Gasteiger partial charge in [-0.15, -0.1) is 0 Å². The molecule has 0 aliphatic carbocycles. The molecule has 118 valence electrons. The molecule has 0 saturated carbocycles. The first kappa shape index (κ1) is 16.3. The minimum Gasteiger partial charge on any atom is -0.497 e. The van der Waals surface area contributed by atoms with Gasteiger partial charge in [-0.05, 0) is 56.6 Å². The molecule has 2 unspecified atom stereocenters. The predicted octanol–water partition coefficient (Wildman–Crippen LogP) is 3.25. The Morgan fingerprint density at radius 1 is 1.43 bits per heavy atom. The number of hydrogen-bond donors (Lipinski definition) is 0. The fourth-order valence-corrected chi connectivity index (χ4v) is 3.76. The predicted molar refractivity (Wildman–Crippen MR) is 88.8 cm³/mol. The number of likely N-dealkylation sites (tertiary alicyclic amines) is 1. The quantitative estimate of drug-likeness (QED) is 0.828. The molecule has 0 bridgehead atoms. The van der Waals surface area contributed by atoms with Crippen molar-refractivity contribution in [2.75, 3.05) is 34.3 Å². The standard InChI is InChI=1S/C18H30N2O/c1-6-18(2)14-19(3)11-10-17(18)20(4)13-15-8-7-9-16(12-15)21-5/h7-9,12,17H,6,10-11,13-14H2,1-5H3. The summed E-state index contributed by atoms with van der Waals surface area (Å²) in [6.07, 6.45) is 2.48. The summed E-state index contributed by atoms with van der Waals surface area (Å²) in [6.45, 7) is 8.14. The van der Waals surface area contributed by atoms with Crippen molar-refractivity contribution in [3.63, 3.8) is 0 Å². The van der Waals surface area contributed by atoms with Crippen molar-refractivity contribution in [1.29, 1.82) is 0 Å². The first-order valence-corrected chi connectivity index (χ1v) is 8.00. The van der Waals surface area contributed by atoms with Gasteiger partial charge in [0.1, 0.15) is 5.75 Å². The van der Waals surface area contributed by atoms with Crippen LogP contribution in [0.15, 0.2) is 24.3 Å². The Labute approximate surface area is 129 Å². The average Bonchev–Trinajstić information content (AvgIpc) is 2.47. The topological polar surface area (TPSA) is 15.7 Å². The van der Waals surface area contributed by atoms with Crippen molar-refractivity contribution in [2.24, 2.45) is 5.41 Å². The maximum atomic E-state index is 5.33. The van der Waals surface area contributed by atoms with Gasteiger partial charge in [-0.1, -0.05) is 26.0 Å². The lowest BCUT2D eigenvalue weighted by Gasteiger charge is -2.48. The molecule has 0 radical (unpaired) electrons. The summed E-state index contributed by atoms with van der Waals surface area (Å²) in [5.74, 6) is 0.947. The summed E-state index contributed by atoms with van der Waals surface area (Å²) in [5.41, 5.74) is 1.70. The van der Waals surface area contributed by atoms with Gasteiger partial charge in [-0.25, -0.2) is 0 Å². The molecule has 1 aliphatic heterocycles. The highest BCUT2D eigenvalue weighted by molar-refractivity contribution is 5.28. The molecule has 2 rings (SSSR count). The number of nitrogens with zero attached hydrogens (tertiary/aromatic N) is 2. The SMILES string of the molecule is CCC1(C)CN(C)CCC1N(C)Cc1cccc(OC)c1. The molecule has 2 atom stereocenters. The highest BCUT2D eigenvalue weighted by Crippen LogP contribution is 2.36. The molecule has 0 aromatic heterocycles. The van der Waals surface area contributed by atoms with Crippen LogP contribution in [0.1, 0.15) is 32.3 Å². The fraction of sp³-hybridized carbons (Fsp3) is 0.667. The number of benzene rings is 1. The van der Waals surface area contributed by atoms with Crippen LogP contribution in [0.4, 0.5) is 0 Å². The molecular formula is C18H30N2O. The van der Waals surface area contributed by atoms with Gasteiger partial charge in [0.05, 0.1) is 7.11 Å². The van der Waals surface area contributed by atoms with Crippen molar-refractivity contribution in [3.05, 3.63) is 29.8 Å². The van der Waals surface area contributed by atoms with Crippen molar-refractivity contribution in [2.45, 2.75) is 39.3 Å². The summed E-state index contributed by atoms with van der Waals surface area (Å²) < 4.78 is 5.33. The molecule has 0 spiro atoms. The van der Waals surface area contributed by atoms with Crippen molar-refractivity contribution in [1.82, 2.24) is 9.80 Å². The van der Waals surface area contributed by atoms with Gasteiger partial charge >= 0.3 is 0 Å². The fourth-order valence-electron chi connectivity index (χ4n) is 3.76. The largest absolute Gasteiger partial charge is 0.497 e. The van der Waals surface area contributed by atoms with Gasteiger partial charge in [0.2, 0.25) is 0 Å². The molecule has 3 nitrogen and oxygen atoms in total. The van der Waals surface area contributed by atoms with Gasteiger partial charge in [0, 0.05) is 19.1 Å². The Kier molecular flexibility index (Phi) is 5.28. The second kappa shape index (κ2) is 6.80. The van der Waals surface area contributed by atoms with Crippen LogP contribution in [0.3, 0.4) is 0 Å². The third kappa shape index (κ3) is 3.78. The maximum absolute atomic E-state index is 5.33. The normalized spacial score (nSPS) is 27.0. The van der Waals surface area contributed by atoms with E-state index in [1.54, 1.807) is 7.11 Å². The lowest BCUT2D eigenvalue weighted by Crippen LogP contribution is -2.54. The van der Waals surface area contributed by atoms with E-state index in [1.807, 2.05) is 6.07 Å². The first-order chi connectivity index (χ1) is 9.98. The molecule has 1 heterocycles. The van der Waals surface area contributed by atoms with E-state index >= 15 is 0 Å². The summed E-state index contributed by atoms with van der Waals surface area (Å²) in [7, 11) is 6.24. The van der Waals surface area contributed by atoms with E-state index in [0.29, 0.717) is 11.5 Å². The zero-order valence-corrected chi connectivity index (χ0v) is 14.2. The summed E-state index contributed by atoms with van der Waals surface area (Å²) >= 11 is 0. The van der Waals surface area contributed by atoms with E-state index in [1.165, 1.54) is 31.5 Å². The van der Waals surface area contributed by atoms with E-state index in [0.717, 1.165) is 12.3 Å². The van der Waals surface area contributed by atoms with Crippen LogP contribution in [0.5, 0.6) is 5.75 Å². The highest BCUT2D eigenvalue weighted by atomic mass is 16.5. The Bertz CT molecular complexity index is 462. The Balaban J connectivity index is 2.09. The maximum Gasteiger partial charge on any atom is 0.119 e. The van der Waals surface area contributed by atoms with Gasteiger partial charge in [0.25, 0.3) is 0 Å². The number of hydrogen-bond acceptors (Lipinski definition) is 3. The zero-order chi connectivity index (χ0) is 15.5. The third-order valence-corrected chi connectivity index (χ3v) is 5.13. The van der Waals surface area contributed by atoms with Gasteiger partial charge in [-0.3, -0.25) is 4.90 Å². The van der Waals surface area contributed by atoms with Crippen molar-refractivity contribution in [3.8, 4) is 5.75 Å². The van der Waals surface area contributed by atoms with Crippen LogP contribution in [0.25, 0.3) is 0 Å². The summed E-state index contributed by atoms with van der Waals surface area (Å²) in [5, 5.41) is 0. The molecule has 0 amide bonds. The van der Waals surface area contributed by atoms with Crippen molar-refractivity contribution < 1.29 is 4.74 Å². The molecule has 1 aromatic carbocycles. The second-order valence-electron chi connectivity index (χ2n) is 6.82. The van der Waals surface area contributed by atoms with E-state index in [9.17, 15) is 0 Å². The van der Waals surface area contributed by atoms with E-state index in [-0.39, 0.29) is 0 Å². The van der Waals surface area contributed by atoms with Gasteiger partial charge in [-0.2, -0.15) is 0 Å². The molecular weight excluding hydrogens is 260 g/mol. The molecule has 1 saturated heterocycles. The van der Waals surface area contributed by atoms with Crippen LogP contribution in [-0.2, 0) is 6.54 Å². The zero-order valence-electron chi connectivity index (χ0n) is 14.2. The second-order valence-corrected chi connectivity index (χ2v) is 6.82. The smallest absolute Gasteiger partial charge is 0.119 e. The highest BCUT2D eigenvalue weighted by Gasteiger charge is 2.39. The third-order valence-electron chi connectivity index (χ3n) is 5.13. The first-order valence-electron chi connectivity index (χ1n) is 8.00. The Morgan fingerprint density at radius 3 is 2.86 bits per heavy atom. The number of piperidine rings is 1. The minimum absolute atomic E-state index is 0.376. The van der Waals surface area contributed by atoms with Crippen LogP contribution in [0, 0.1) is 5.41 Å². The van der Waals surface area contributed by atoms with Crippen LogP contribution in [-0.4, -0.2) is 50.1 Å². The number of rotatable bonds is 5. The molecule has 1 aromatic rings. The molecule has 21 heavy (non-hydrogen) atoms. The summed E-state index contributed by atoms with van der Waals surface area (Å²) in [6, 6.07) is 9.07. The molecule has 3 heteroatoms. The molecule has 0 N–H and O–H groups in total. The van der Waals surface area contributed by atoms with Gasteiger partial charge < -0.3 is 9.64 Å².